The van der Waals surface area contributed by atoms with Gasteiger partial charge in [0.15, 0.2) is 0 Å². The zero-order chi connectivity index (χ0) is 14.9. The molecule has 1 saturated heterocycles. The SMILES string of the molecule is C[C@]1(c2ccncc2)NC(=O)N(Cc2cccnc2)C1=O. The fraction of sp³-hybridized carbons (Fsp3) is 0.200. The molecule has 3 rings (SSSR count). The van der Waals surface area contributed by atoms with E-state index in [1.54, 1.807) is 49.9 Å². The van der Waals surface area contributed by atoms with Gasteiger partial charge < -0.3 is 5.32 Å². The molecule has 21 heavy (non-hydrogen) atoms. The Morgan fingerprint density at radius 2 is 1.90 bits per heavy atom. The normalized spacial score (nSPS) is 21.5. The van der Waals surface area contributed by atoms with Gasteiger partial charge in [-0.3, -0.25) is 19.7 Å². The predicted octanol–water partition coefficient (Wildman–Crippen LogP) is 1.44. The number of rotatable bonds is 3. The molecule has 1 N–H and O–H groups in total. The third-order valence-electron chi connectivity index (χ3n) is 3.60. The first-order chi connectivity index (χ1) is 10.1. The van der Waals surface area contributed by atoms with Crippen LogP contribution in [0.2, 0.25) is 0 Å². The third kappa shape index (κ3) is 2.24. The lowest BCUT2D eigenvalue weighted by atomic mass is 9.93. The number of hydrogen-bond donors (Lipinski definition) is 1. The summed E-state index contributed by atoms with van der Waals surface area (Å²) in [5, 5.41) is 2.76. The van der Waals surface area contributed by atoms with E-state index in [4.69, 9.17) is 0 Å². The number of carbonyl (C=O) groups is 2. The Bertz CT molecular complexity index is 675. The van der Waals surface area contributed by atoms with Crippen molar-refractivity contribution in [3.05, 3.63) is 60.2 Å². The fourth-order valence-corrected chi connectivity index (χ4v) is 2.40. The summed E-state index contributed by atoms with van der Waals surface area (Å²) in [5.74, 6) is -0.275. The molecule has 0 saturated carbocycles. The molecule has 0 bridgehead atoms. The molecular weight excluding hydrogens is 268 g/mol. The molecule has 6 nitrogen and oxygen atoms in total. The minimum Gasteiger partial charge on any atom is -0.319 e. The Morgan fingerprint density at radius 1 is 1.14 bits per heavy atom. The van der Waals surface area contributed by atoms with Crippen molar-refractivity contribution in [2.45, 2.75) is 19.0 Å². The van der Waals surface area contributed by atoms with Crippen LogP contribution in [0.25, 0.3) is 0 Å². The molecule has 3 heterocycles. The fourth-order valence-electron chi connectivity index (χ4n) is 2.40. The maximum Gasteiger partial charge on any atom is 0.325 e. The first kappa shape index (κ1) is 13.2. The van der Waals surface area contributed by atoms with Gasteiger partial charge in [0.25, 0.3) is 5.91 Å². The van der Waals surface area contributed by atoms with E-state index >= 15 is 0 Å². The van der Waals surface area contributed by atoms with Crippen LogP contribution in [-0.4, -0.2) is 26.8 Å². The third-order valence-corrected chi connectivity index (χ3v) is 3.60. The van der Waals surface area contributed by atoms with Crippen LogP contribution in [-0.2, 0) is 16.9 Å². The van der Waals surface area contributed by atoms with Crippen LogP contribution in [0, 0.1) is 0 Å². The van der Waals surface area contributed by atoms with E-state index in [0.29, 0.717) is 5.56 Å². The summed E-state index contributed by atoms with van der Waals surface area (Å²) in [6.45, 7) is 1.91. The number of nitrogens with one attached hydrogen (secondary N) is 1. The molecule has 1 atom stereocenters. The molecule has 6 heteroatoms. The molecule has 0 spiro atoms. The summed E-state index contributed by atoms with van der Waals surface area (Å²) < 4.78 is 0. The van der Waals surface area contributed by atoms with Crippen molar-refractivity contribution in [3.8, 4) is 0 Å². The molecule has 106 valence electrons. The minimum atomic E-state index is -1.05. The first-order valence-electron chi connectivity index (χ1n) is 6.55. The number of amides is 3. The Labute approximate surface area is 121 Å². The average molecular weight is 282 g/mol. The maximum atomic E-state index is 12.6. The summed E-state index contributed by atoms with van der Waals surface area (Å²) in [5.41, 5.74) is 0.465. The molecule has 0 aliphatic carbocycles. The lowest BCUT2D eigenvalue weighted by Crippen LogP contribution is -2.40. The van der Waals surface area contributed by atoms with Crippen molar-refractivity contribution in [1.29, 1.82) is 0 Å². The van der Waals surface area contributed by atoms with E-state index in [1.165, 1.54) is 4.90 Å². The Balaban J connectivity index is 1.89. The summed E-state index contributed by atoms with van der Waals surface area (Å²) in [6, 6.07) is 6.66. The molecule has 0 radical (unpaired) electrons. The van der Waals surface area contributed by atoms with Gasteiger partial charge in [-0.25, -0.2) is 4.79 Å². The number of imide groups is 1. The predicted molar refractivity (Wildman–Crippen MR) is 74.9 cm³/mol. The van der Waals surface area contributed by atoms with E-state index in [2.05, 4.69) is 15.3 Å². The average Bonchev–Trinajstić information content (AvgIpc) is 2.74. The van der Waals surface area contributed by atoms with Gasteiger partial charge in [-0.15, -0.1) is 0 Å². The summed E-state index contributed by atoms with van der Waals surface area (Å²) >= 11 is 0. The lowest BCUT2D eigenvalue weighted by molar-refractivity contribution is -0.131. The molecule has 1 aliphatic heterocycles. The van der Waals surface area contributed by atoms with Gasteiger partial charge in [-0.05, 0) is 36.2 Å². The highest BCUT2D eigenvalue weighted by atomic mass is 16.2. The van der Waals surface area contributed by atoms with Crippen LogP contribution in [0.4, 0.5) is 4.79 Å². The second kappa shape index (κ2) is 4.97. The quantitative estimate of drug-likeness (QED) is 0.864. The van der Waals surface area contributed by atoms with E-state index in [0.717, 1.165) is 5.56 Å². The Kier molecular flexibility index (Phi) is 3.13. The summed E-state index contributed by atoms with van der Waals surface area (Å²) in [6.07, 6.45) is 6.49. The molecule has 1 fully saturated rings. The largest absolute Gasteiger partial charge is 0.325 e. The minimum absolute atomic E-state index is 0.208. The van der Waals surface area contributed by atoms with Gasteiger partial charge in [0.2, 0.25) is 0 Å². The second-order valence-electron chi connectivity index (χ2n) is 5.04. The van der Waals surface area contributed by atoms with E-state index < -0.39 is 11.6 Å². The van der Waals surface area contributed by atoms with Crippen molar-refractivity contribution < 1.29 is 9.59 Å². The summed E-state index contributed by atoms with van der Waals surface area (Å²) in [7, 11) is 0. The van der Waals surface area contributed by atoms with Gasteiger partial charge in [-0.2, -0.15) is 0 Å². The van der Waals surface area contributed by atoms with Crippen LogP contribution in [0.1, 0.15) is 18.1 Å². The van der Waals surface area contributed by atoms with Crippen molar-refractivity contribution in [2.24, 2.45) is 0 Å². The van der Waals surface area contributed by atoms with Crippen LogP contribution < -0.4 is 5.32 Å². The van der Waals surface area contributed by atoms with Gasteiger partial charge in [0.1, 0.15) is 5.54 Å². The Hall–Kier alpha value is -2.76. The number of aromatic nitrogens is 2. The highest BCUT2D eigenvalue weighted by Gasteiger charge is 2.48. The van der Waals surface area contributed by atoms with Crippen LogP contribution >= 0.6 is 0 Å². The van der Waals surface area contributed by atoms with Crippen LogP contribution in [0.5, 0.6) is 0 Å². The highest BCUT2D eigenvalue weighted by Crippen LogP contribution is 2.29. The van der Waals surface area contributed by atoms with Crippen molar-refractivity contribution in [2.75, 3.05) is 0 Å². The van der Waals surface area contributed by atoms with E-state index in [1.807, 2.05) is 6.07 Å². The number of hydrogen-bond acceptors (Lipinski definition) is 4. The molecule has 0 unspecified atom stereocenters. The standard InChI is InChI=1S/C15H14N4O2/c1-15(12-4-7-16-8-5-12)13(20)19(14(21)18-15)10-11-3-2-6-17-9-11/h2-9H,10H2,1H3,(H,18,21)/t15-/m1/s1. The highest BCUT2D eigenvalue weighted by molar-refractivity contribution is 6.07. The van der Waals surface area contributed by atoms with E-state index in [-0.39, 0.29) is 12.5 Å². The first-order valence-corrected chi connectivity index (χ1v) is 6.55. The van der Waals surface area contributed by atoms with Crippen LogP contribution in [0.3, 0.4) is 0 Å². The molecule has 2 aromatic rings. The zero-order valence-corrected chi connectivity index (χ0v) is 11.5. The van der Waals surface area contributed by atoms with Gasteiger partial charge in [0.05, 0.1) is 6.54 Å². The van der Waals surface area contributed by atoms with Gasteiger partial charge in [0, 0.05) is 24.8 Å². The molecule has 3 amide bonds. The monoisotopic (exact) mass is 282 g/mol. The molecule has 1 aliphatic rings. The topological polar surface area (TPSA) is 75.2 Å². The number of urea groups is 1. The molecule has 0 aromatic carbocycles. The maximum absolute atomic E-state index is 12.6. The van der Waals surface area contributed by atoms with Gasteiger partial charge in [-0.1, -0.05) is 6.07 Å². The zero-order valence-electron chi connectivity index (χ0n) is 11.5. The smallest absolute Gasteiger partial charge is 0.319 e. The van der Waals surface area contributed by atoms with Crippen molar-refractivity contribution in [1.82, 2.24) is 20.2 Å². The molecular formula is C15H14N4O2. The second-order valence-corrected chi connectivity index (χ2v) is 5.04. The number of carbonyl (C=O) groups excluding carboxylic acids is 2. The Morgan fingerprint density at radius 3 is 2.57 bits per heavy atom. The molecule has 2 aromatic heterocycles. The summed E-state index contributed by atoms with van der Waals surface area (Å²) in [4.78, 5) is 33.9. The number of pyridine rings is 2. The number of nitrogens with zero attached hydrogens (tertiary/aromatic N) is 3. The van der Waals surface area contributed by atoms with Crippen molar-refractivity contribution in [3.63, 3.8) is 0 Å². The van der Waals surface area contributed by atoms with Crippen LogP contribution in [0.15, 0.2) is 49.1 Å². The van der Waals surface area contributed by atoms with Gasteiger partial charge >= 0.3 is 6.03 Å². The van der Waals surface area contributed by atoms with Crippen molar-refractivity contribution >= 4 is 11.9 Å². The van der Waals surface area contributed by atoms with E-state index in [9.17, 15) is 9.59 Å². The lowest BCUT2D eigenvalue weighted by Gasteiger charge is -2.21.